The lowest BCUT2D eigenvalue weighted by molar-refractivity contribution is 0.102. The SMILES string of the molecule is COc1ccc(C(=O)Nc2ccccc2-c2nnnn2C(C)C)cc1. The molecule has 7 nitrogen and oxygen atoms in total. The number of nitrogens with zero attached hydrogens (tertiary/aromatic N) is 4. The average molecular weight is 337 g/mol. The van der Waals surface area contributed by atoms with Gasteiger partial charge in [0.15, 0.2) is 5.82 Å². The summed E-state index contributed by atoms with van der Waals surface area (Å²) in [5, 5.41) is 14.8. The number of anilines is 1. The number of methoxy groups -OCH3 is 1. The predicted octanol–water partition coefficient (Wildman–Crippen LogP) is 3.18. The number of carbonyl (C=O) groups is 1. The Morgan fingerprint density at radius 1 is 1.12 bits per heavy atom. The van der Waals surface area contributed by atoms with Crippen LogP contribution in [0.4, 0.5) is 5.69 Å². The van der Waals surface area contributed by atoms with Gasteiger partial charge in [0.05, 0.1) is 18.8 Å². The van der Waals surface area contributed by atoms with Gasteiger partial charge in [0, 0.05) is 11.1 Å². The summed E-state index contributed by atoms with van der Waals surface area (Å²) in [4.78, 5) is 12.5. The van der Waals surface area contributed by atoms with Crippen molar-refractivity contribution in [2.45, 2.75) is 19.9 Å². The molecule has 0 atom stereocenters. The van der Waals surface area contributed by atoms with Crippen LogP contribution in [0.15, 0.2) is 48.5 Å². The topological polar surface area (TPSA) is 81.9 Å². The smallest absolute Gasteiger partial charge is 0.255 e. The van der Waals surface area contributed by atoms with Crippen LogP contribution >= 0.6 is 0 Å². The second kappa shape index (κ2) is 7.12. The van der Waals surface area contributed by atoms with Crippen molar-refractivity contribution in [1.29, 1.82) is 0 Å². The average Bonchev–Trinajstić information content (AvgIpc) is 3.12. The van der Waals surface area contributed by atoms with Gasteiger partial charge in [0.2, 0.25) is 0 Å². The Labute approximate surface area is 145 Å². The number of aromatic nitrogens is 4. The van der Waals surface area contributed by atoms with E-state index in [9.17, 15) is 4.79 Å². The Balaban J connectivity index is 1.90. The summed E-state index contributed by atoms with van der Waals surface area (Å²) < 4.78 is 6.83. The second-order valence-electron chi connectivity index (χ2n) is 5.77. The molecule has 2 aromatic carbocycles. The fourth-order valence-corrected chi connectivity index (χ4v) is 2.44. The maximum absolute atomic E-state index is 12.5. The van der Waals surface area contributed by atoms with Crippen LogP contribution in [0.5, 0.6) is 5.75 Å². The lowest BCUT2D eigenvalue weighted by Crippen LogP contribution is -2.13. The third-order valence-corrected chi connectivity index (χ3v) is 3.75. The van der Waals surface area contributed by atoms with E-state index in [4.69, 9.17) is 4.74 Å². The van der Waals surface area contributed by atoms with Gasteiger partial charge in [-0.1, -0.05) is 12.1 Å². The van der Waals surface area contributed by atoms with Gasteiger partial charge in [-0.25, -0.2) is 4.68 Å². The van der Waals surface area contributed by atoms with Crippen LogP contribution in [0.25, 0.3) is 11.4 Å². The molecule has 0 saturated heterocycles. The Morgan fingerprint density at radius 2 is 1.84 bits per heavy atom. The van der Waals surface area contributed by atoms with Gasteiger partial charge in [0.25, 0.3) is 5.91 Å². The van der Waals surface area contributed by atoms with Crippen molar-refractivity contribution in [2.75, 3.05) is 12.4 Å². The highest BCUT2D eigenvalue weighted by Gasteiger charge is 2.16. The fourth-order valence-electron chi connectivity index (χ4n) is 2.44. The van der Waals surface area contributed by atoms with Crippen LogP contribution in [-0.2, 0) is 0 Å². The van der Waals surface area contributed by atoms with Crippen molar-refractivity contribution in [3.63, 3.8) is 0 Å². The van der Waals surface area contributed by atoms with Crippen LogP contribution < -0.4 is 10.1 Å². The van der Waals surface area contributed by atoms with E-state index in [0.29, 0.717) is 22.8 Å². The normalized spacial score (nSPS) is 10.7. The number of amides is 1. The molecule has 0 aliphatic carbocycles. The minimum absolute atomic E-state index is 0.107. The lowest BCUT2D eigenvalue weighted by Gasteiger charge is -2.12. The number of hydrogen-bond donors (Lipinski definition) is 1. The van der Waals surface area contributed by atoms with Gasteiger partial charge in [-0.3, -0.25) is 4.79 Å². The Morgan fingerprint density at radius 3 is 2.52 bits per heavy atom. The third kappa shape index (κ3) is 3.50. The molecule has 0 aliphatic rings. The molecule has 1 amide bonds. The van der Waals surface area contributed by atoms with Crippen molar-refractivity contribution in [3.8, 4) is 17.1 Å². The van der Waals surface area contributed by atoms with Gasteiger partial charge in [-0.15, -0.1) is 5.10 Å². The number of tetrazole rings is 1. The Bertz CT molecular complexity index is 871. The quantitative estimate of drug-likeness (QED) is 0.773. The molecular formula is C18H19N5O2. The molecule has 128 valence electrons. The molecule has 0 radical (unpaired) electrons. The summed E-state index contributed by atoms with van der Waals surface area (Å²) >= 11 is 0. The van der Waals surface area contributed by atoms with Crippen LogP contribution in [-0.4, -0.2) is 33.2 Å². The molecule has 0 fully saturated rings. The van der Waals surface area contributed by atoms with Gasteiger partial charge in [-0.2, -0.15) is 0 Å². The zero-order chi connectivity index (χ0) is 17.8. The number of rotatable bonds is 5. The van der Waals surface area contributed by atoms with E-state index in [2.05, 4.69) is 20.8 Å². The fraction of sp³-hybridized carbons (Fsp3) is 0.222. The zero-order valence-electron chi connectivity index (χ0n) is 14.3. The zero-order valence-corrected chi connectivity index (χ0v) is 14.3. The van der Waals surface area contributed by atoms with Crippen molar-refractivity contribution >= 4 is 11.6 Å². The highest BCUT2D eigenvalue weighted by Crippen LogP contribution is 2.27. The molecule has 3 aromatic rings. The minimum atomic E-state index is -0.210. The van der Waals surface area contributed by atoms with E-state index in [1.54, 1.807) is 36.1 Å². The van der Waals surface area contributed by atoms with E-state index in [-0.39, 0.29) is 11.9 Å². The molecule has 1 N–H and O–H groups in total. The third-order valence-electron chi connectivity index (χ3n) is 3.75. The molecule has 1 heterocycles. The summed E-state index contributed by atoms with van der Waals surface area (Å²) in [6.07, 6.45) is 0. The van der Waals surface area contributed by atoms with E-state index in [1.165, 1.54) is 0 Å². The van der Waals surface area contributed by atoms with E-state index in [0.717, 1.165) is 5.56 Å². The maximum atomic E-state index is 12.5. The molecule has 3 rings (SSSR count). The molecule has 25 heavy (non-hydrogen) atoms. The number of ether oxygens (including phenoxy) is 1. The minimum Gasteiger partial charge on any atom is -0.497 e. The lowest BCUT2D eigenvalue weighted by atomic mass is 10.1. The first-order valence-electron chi connectivity index (χ1n) is 7.93. The van der Waals surface area contributed by atoms with Crippen molar-refractivity contribution in [2.24, 2.45) is 0 Å². The maximum Gasteiger partial charge on any atom is 0.255 e. The first-order chi connectivity index (χ1) is 12.1. The van der Waals surface area contributed by atoms with Crippen molar-refractivity contribution in [1.82, 2.24) is 20.2 Å². The molecule has 0 bridgehead atoms. The second-order valence-corrected chi connectivity index (χ2v) is 5.77. The number of para-hydroxylation sites is 1. The number of nitrogens with one attached hydrogen (secondary N) is 1. The summed E-state index contributed by atoms with van der Waals surface area (Å²) in [7, 11) is 1.59. The largest absolute Gasteiger partial charge is 0.497 e. The van der Waals surface area contributed by atoms with Crippen LogP contribution in [0.3, 0.4) is 0 Å². The molecule has 0 aliphatic heterocycles. The molecule has 0 spiro atoms. The number of carbonyl (C=O) groups excluding carboxylic acids is 1. The highest BCUT2D eigenvalue weighted by atomic mass is 16.5. The van der Waals surface area contributed by atoms with Crippen LogP contribution in [0.1, 0.15) is 30.2 Å². The van der Waals surface area contributed by atoms with E-state index >= 15 is 0 Å². The molecular weight excluding hydrogens is 318 g/mol. The molecule has 1 aromatic heterocycles. The molecule has 0 unspecified atom stereocenters. The van der Waals surface area contributed by atoms with Gasteiger partial charge in [0.1, 0.15) is 5.75 Å². The number of hydrogen-bond acceptors (Lipinski definition) is 5. The summed E-state index contributed by atoms with van der Waals surface area (Å²) in [5.41, 5.74) is 1.96. The summed E-state index contributed by atoms with van der Waals surface area (Å²) in [6.45, 7) is 4.00. The first-order valence-corrected chi connectivity index (χ1v) is 7.93. The predicted molar refractivity (Wildman–Crippen MR) is 94.6 cm³/mol. The Hall–Kier alpha value is -3.22. The first kappa shape index (κ1) is 16.6. The highest BCUT2D eigenvalue weighted by molar-refractivity contribution is 6.06. The molecule has 0 saturated carbocycles. The van der Waals surface area contributed by atoms with Crippen molar-refractivity contribution < 1.29 is 9.53 Å². The van der Waals surface area contributed by atoms with E-state index in [1.807, 2.05) is 38.1 Å². The standard InChI is InChI=1S/C18H19N5O2/c1-12(2)23-17(20-21-22-23)15-6-4-5-7-16(15)19-18(24)13-8-10-14(25-3)11-9-13/h4-12H,1-3H3,(H,19,24). The van der Waals surface area contributed by atoms with Gasteiger partial charge >= 0.3 is 0 Å². The van der Waals surface area contributed by atoms with Gasteiger partial charge in [-0.05, 0) is 60.7 Å². The van der Waals surface area contributed by atoms with Crippen LogP contribution in [0, 0.1) is 0 Å². The summed E-state index contributed by atoms with van der Waals surface area (Å²) in [6, 6.07) is 14.5. The monoisotopic (exact) mass is 337 g/mol. The number of benzene rings is 2. The molecule has 7 heteroatoms. The van der Waals surface area contributed by atoms with Crippen molar-refractivity contribution in [3.05, 3.63) is 54.1 Å². The van der Waals surface area contributed by atoms with E-state index < -0.39 is 0 Å². The van der Waals surface area contributed by atoms with Crippen LogP contribution in [0.2, 0.25) is 0 Å². The van der Waals surface area contributed by atoms with Gasteiger partial charge < -0.3 is 10.1 Å². The Kier molecular flexibility index (Phi) is 4.74. The summed E-state index contributed by atoms with van der Waals surface area (Å²) in [5.74, 6) is 1.10.